The fraction of sp³-hybridized carbons (Fsp3) is 0.389. The fourth-order valence-electron chi connectivity index (χ4n) is 3.28. The van der Waals surface area contributed by atoms with Gasteiger partial charge in [0.05, 0.1) is 0 Å². The number of rotatable bonds is 4. The van der Waals surface area contributed by atoms with E-state index in [2.05, 4.69) is 5.32 Å². The average Bonchev–Trinajstić information content (AvgIpc) is 2.89. The highest BCUT2D eigenvalue weighted by molar-refractivity contribution is 6.34. The van der Waals surface area contributed by atoms with Crippen molar-refractivity contribution in [1.82, 2.24) is 14.8 Å². The summed E-state index contributed by atoms with van der Waals surface area (Å²) in [5.74, 6) is -1.04. The van der Waals surface area contributed by atoms with Gasteiger partial charge >= 0.3 is 0 Å². The number of hydrogen-bond acceptors (Lipinski definition) is 4. The zero-order chi connectivity index (χ0) is 18.8. The van der Waals surface area contributed by atoms with Gasteiger partial charge in [-0.1, -0.05) is 23.2 Å². The Balaban J connectivity index is 1.80. The van der Waals surface area contributed by atoms with Gasteiger partial charge in [0.1, 0.15) is 5.56 Å². The van der Waals surface area contributed by atoms with Crippen LogP contribution in [0.4, 0.5) is 0 Å². The third-order valence-electron chi connectivity index (χ3n) is 4.60. The van der Waals surface area contributed by atoms with Crippen LogP contribution in [0.15, 0.2) is 24.4 Å². The molecule has 1 fully saturated rings. The molecule has 3 N–H and O–H groups in total. The van der Waals surface area contributed by atoms with E-state index in [9.17, 15) is 15.0 Å². The number of nitrogens with one attached hydrogen (secondary N) is 1. The highest BCUT2D eigenvalue weighted by Crippen LogP contribution is 2.36. The molecule has 0 saturated carbocycles. The van der Waals surface area contributed by atoms with Crippen molar-refractivity contribution in [2.24, 2.45) is 0 Å². The van der Waals surface area contributed by atoms with Crippen molar-refractivity contribution in [2.45, 2.75) is 25.4 Å². The summed E-state index contributed by atoms with van der Waals surface area (Å²) in [4.78, 5) is 14.2. The number of aromatic nitrogens is 1. The molecule has 1 amide bonds. The standard InChI is InChI=1S/C18H21Cl2N3O3/c1-22(9-11-6-12(19)8-13(20)7-11)17(25)15-10-23(18(26)16(15)24)14-2-4-21-5-3-14/h6-8,10,14,21,24,26H,2-5,9H2,1H3. The number of carbonyl (C=O) groups excluding carboxylic acids is 1. The quantitative estimate of drug-likeness (QED) is 0.738. The summed E-state index contributed by atoms with van der Waals surface area (Å²) in [5.41, 5.74) is 0.858. The molecule has 1 aliphatic rings. The molecule has 1 aromatic heterocycles. The van der Waals surface area contributed by atoms with Crippen LogP contribution < -0.4 is 5.32 Å². The molecule has 1 aromatic carbocycles. The maximum absolute atomic E-state index is 12.8. The van der Waals surface area contributed by atoms with Crippen LogP contribution in [0.5, 0.6) is 11.6 Å². The molecule has 6 nitrogen and oxygen atoms in total. The number of piperidine rings is 1. The Hall–Kier alpha value is -1.89. The third-order valence-corrected chi connectivity index (χ3v) is 5.04. The summed E-state index contributed by atoms with van der Waals surface area (Å²) in [7, 11) is 1.62. The fourth-order valence-corrected chi connectivity index (χ4v) is 3.85. The van der Waals surface area contributed by atoms with Crippen LogP contribution >= 0.6 is 23.2 Å². The van der Waals surface area contributed by atoms with Gasteiger partial charge in [0.2, 0.25) is 5.88 Å². The molecular formula is C18H21Cl2N3O3. The van der Waals surface area contributed by atoms with Gasteiger partial charge in [-0.05, 0) is 49.7 Å². The summed E-state index contributed by atoms with van der Waals surface area (Å²) in [6.45, 7) is 1.95. The molecule has 140 valence electrons. The van der Waals surface area contributed by atoms with Gasteiger partial charge in [-0.2, -0.15) is 0 Å². The summed E-state index contributed by atoms with van der Waals surface area (Å²) in [6, 6.07) is 5.14. The number of amides is 1. The van der Waals surface area contributed by atoms with Crippen LogP contribution in [0.1, 0.15) is 34.8 Å². The third kappa shape index (κ3) is 3.92. The van der Waals surface area contributed by atoms with Crippen molar-refractivity contribution in [3.05, 3.63) is 45.6 Å². The van der Waals surface area contributed by atoms with Crippen LogP contribution in [0.3, 0.4) is 0 Å². The SMILES string of the molecule is CN(Cc1cc(Cl)cc(Cl)c1)C(=O)c1cn(C2CCNCC2)c(O)c1O. The number of hydrogen-bond donors (Lipinski definition) is 3. The van der Waals surface area contributed by atoms with E-state index in [4.69, 9.17) is 23.2 Å². The lowest BCUT2D eigenvalue weighted by atomic mass is 10.1. The molecule has 3 rings (SSSR count). The second-order valence-electron chi connectivity index (χ2n) is 6.54. The van der Waals surface area contributed by atoms with Crippen molar-refractivity contribution in [2.75, 3.05) is 20.1 Å². The van der Waals surface area contributed by atoms with E-state index in [0.29, 0.717) is 10.0 Å². The first-order valence-corrected chi connectivity index (χ1v) is 9.16. The lowest BCUT2D eigenvalue weighted by Crippen LogP contribution is -2.29. The molecule has 0 spiro atoms. The number of carbonyl (C=O) groups is 1. The molecule has 26 heavy (non-hydrogen) atoms. The molecular weight excluding hydrogens is 377 g/mol. The molecule has 0 unspecified atom stereocenters. The monoisotopic (exact) mass is 397 g/mol. The molecule has 0 bridgehead atoms. The van der Waals surface area contributed by atoms with Gasteiger partial charge in [0, 0.05) is 35.9 Å². The van der Waals surface area contributed by atoms with Crippen LogP contribution in [0.25, 0.3) is 0 Å². The first-order chi connectivity index (χ1) is 12.4. The molecule has 0 radical (unpaired) electrons. The number of benzene rings is 1. The van der Waals surface area contributed by atoms with Crippen molar-refractivity contribution in [3.63, 3.8) is 0 Å². The van der Waals surface area contributed by atoms with Crippen molar-refractivity contribution in [3.8, 4) is 11.6 Å². The second-order valence-corrected chi connectivity index (χ2v) is 7.42. The van der Waals surface area contributed by atoms with E-state index in [1.807, 2.05) is 0 Å². The van der Waals surface area contributed by atoms with E-state index < -0.39 is 0 Å². The van der Waals surface area contributed by atoms with Crippen molar-refractivity contribution >= 4 is 29.1 Å². The van der Waals surface area contributed by atoms with Gasteiger partial charge in [0.15, 0.2) is 5.75 Å². The normalized spacial score (nSPS) is 15.2. The predicted octanol–water partition coefficient (Wildman–Crippen LogP) is 3.40. The summed E-state index contributed by atoms with van der Waals surface area (Å²) < 4.78 is 1.59. The van der Waals surface area contributed by atoms with Crippen LogP contribution in [0.2, 0.25) is 10.0 Å². The van der Waals surface area contributed by atoms with E-state index in [-0.39, 0.29) is 35.7 Å². The predicted molar refractivity (Wildman–Crippen MR) is 101 cm³/mol. The minimum absolute atomic E-state index is 0.0562. The molecule has 2 heterocycles. The largest absolute Gasteiger partial charge is 0.503 e. The Morgan fingerprint density at radius 1 is 1.23 bits per heavy atom. The molecule has 1 aliphatic heterocycles. The van der Waals surface area contributed by atoms with Crippen LogP contribution in [-0.2, 0) is 6.54 Å². The van der Waals surface area contributed by atoms with E-state index in [1.165, 1.54) is 11.1 Å². The maximum atomic E-state index is 12.8. The first kappa shape index (κ1) is 18.9. The van der Waals surface area contributed by atoms with E-state index in [1.54, 1.807) is 29.8 Å². The van der Waals surface area contributed by atoms with Gasteiger partial charge in [-0.15, -0.1) is 0 Å². The van der Waals surface area contributed by atoms with Gasteiger partial charge < -0.3 is 25.0 Å². The maximum Gasteiger partial charge on any atom is 0.259 e. The molecule has 0 aliphatic carbocycles. The van der Waals surface area contributed by atoms with Gasteiger partial charge in [-0.25, -0.2) is 0 Å². The van der Waals surface area contributed by atoms with E-state index in [0.717, 1.165) is 31.5 Å². The molecule has 0 atom stereocenters. The summed E-state index contributed by atoms with van der Waals surface area (Å²) >= 11 is 12.0. The minimum Gasteiger partial charge on any atom is -0.503 e. The topological polar surface area (TPSA) is 77.7 Å². The molecule has 1 saturated heterocycles. The minimum atomic E-state index is -0.387. The highest BCUT2D eigenvalue weighted by Gasteiger charge is 2.27. The number of aromatic hydroxyl groups is 2. The number of nitrogens with zero attached hydrogens (tertiary/aromatic N) is 2. The zero-order valence-electron chi connectivity index (χ0n) is 14.4. The Bertz CT molecular complexity index is 796. The van der Waals surface area contributed by atoms with Crippen LogP contribution in [-0.4, -0.2) is 45.7 Å². The lowest BCUT2D eigenvalue weighted by Gasteiger charge is -2.24. The lowest BCUT2D eigenvalue weighted by molar-refractivity contribution is 0.0782. The second kappa shape index (κ2) is 7.78. The van der Waals surface area contributed by atoms with E-state index >= 15 is 0 Å². The van der Waals surface area contributed by atoms with Gasteiger partial charge in [-0.3, -0.25) is 4.79 Å². The summed E-state index contributed by atoms with van der Waals surface area (Å²) in [6.07, 6.45) is 3.18. The Morgan fingerprint density at radius 3 is 2.46 bits per heavy atom. The zero-order valence-corrected chi connectivity index (χ0v) is 15.9. The Morgan fingerprint density at radius 2 is 1.85 bits per heavy atom. The molecule has 2 aromatic rings. The number of halogens is 2. The van der Waals surface area contributed by atoms with Crippen molar-refractivity contribution in [1.29, 1.82) is 0 Å². The average molecular weight is 398 g/mol. The first-order valence-electron chi connectivity index (χ1n) is 8.40. The smallest absolute Gasteiger partial charge is 0.259 e. The van der Waals surface area contributed by atoms with Gasteiger partial charge in [0.25, 0.3) is 5.91 Å². The van der Waals surface area contributed by atoms with Crippen LogP contribution in [0, 0.1) is 0 Å². The Kier molecular flexibility index (Phi) is 5.65. The Labute approximate surface area is 161 Å². The highest BCUT2D eigenvalue weighted by atomic mass is 35.5. The molecule has 8 heteroatoms. The summed E-state index contributed by atoms with van der Waals surface area (Å²) in [5, 5.41) is 24.7. The van der Waals surface area contributed by atoms with Crippen molar-refractivity contribution < 1.29 is 15.0 Å².